The van der Waals surface area contributed by atoms with Gasteiger partial charge in [0, 0.05) is 5.69 Å². The number of thioether (sulfide) groups is 1. The third-order valence-corrected chi connectivity index (χ3v) is 5.17. The minimum atomic E-state index is -0.430. The fourth-order valence-corrected chi connectivity index (χ4v) is 3.87. The molecule has 3 aromatic rings. The first kappa shape index (κ1) is 16.7. The molecule has 0 aliphatic carbocycles. The van der Waals surface area contributed by atoms with E-state index in [2.05, 4.69) is 15.3 Å². The number of thiophene rings is 1. The molecule has 0 radical (unpaired) electrons. The molecule has 3 rings (SSSR count). The minimum Gasteiger partial charge on any atom is -0.321 e. The summed E-state index contributed by atoms with van der Waals surface area (Å²) in [5, 5.41) is 3.07. The second-order valence-electron chi connectivity index (χ2n) is 5.15. The van der Waals surface area contributed by atoms with Gasteiger partial charge in [0.1, 0.15) is 16.5 Å². The van der Waals surface area contributed by atoms with E-state index in [0.717, 1.165) is 11.3 Å². The lowest BCUT2D eigenvalue weighted by Crippen LogP contribution is -2.13. The van der Waals surface area contributed by atoms with Crippen molar-refractivity contribution in [1.82, 2.24) is 9.97 Å². The maximum absolute atomic E-state index is 13.2. The van der Waals surface area contributed by atoms with Gasteiger partial charge in [-0.05, 0) is 36.9 Å². The van der Waals surface area contributed by atoms with Gasteiger partial charge in [-0.25, -0.2) is 9.37 Å². The number of anilines is 1. The van der Waals surface area contributed by atoms with Crippen LogP contribution in [0.15, 0.2) is 29.1 Å². The van der Waals surface area contributed by atoms with Crippen LogP contribution in [0, 0.1) is 12.7 Å². The number of carbonyl (C=O) groups excluding carboxylic acids is 1. The smallest absolute Gasteiger partial charge is 0.266 e. The Hall–Kier alpha value is -2.19. The fraction of sp³-hybridized carbons (Fsp3) is 0.188. The van der Waals surface area contributed by atoms with Crippen LogP contribution >= 0.6 is 23.1 Å². The molecule has 0 aliphatic heterocycles. The maximum Gasteiger partial charge on any atom is 0.266 e. The number of rotatable bonds is 4. The molecular formula is C16H14FN3O2S2. The van der Waals surface area contributed by atoms with Crippen molar-refractivity contribution < 1.29 is 9.18 Å². The van der Waals surface area contributed by atoms with Crippen LogP contribution in [0.4, 0.5) is 10.1 Å². The van der Waals surface area contributed by atoms with Gasteiger partial charge in [0.15, 0.2) is 0 Å². The van der Waals surface area contributed by atoms with E-state index in [1.807, 2.05) is 6.26 Å². The van der Waals surface area contributed by atoms with Crippen molar-refractivity contribution in [2.24, 2.45) is 0 Å². The molecule has 1 amide bonds. The average Bonchev–Trinajstić information content (AvgIpc) is 2.85. The molecule has 24 heavy (non-hydrogen) atoms. The summed E-state index contributed by atoms with van der Waals surface area (Å²) >= 11 is 2.71. The summed E-state index contributed by atoms with van der Waals surface area (Å²) in [5.41, 5.74) is 0.692. The number of aryl methyl sites for hydroxylation is 1. The highest BCUT2D eigenvalue weighted by atomic mass is 32.2. The first-order valence-electron chi connectivity index (χ1n) is 7.07. The van der Waals surface area contributed by atoms with Crippen LogP contribution < -0.4 is 10.9 Å². The Kier molecular flexibility index (Phi) is 4.68. The van der Waals surface area contributed by atoms with Crippen molar-refractivity contribution in [2.75, 3.05) is 11.6 Å². The summed E-state index contributed by atoms with van der Waals surface area (Å²) in [6.07, 6.45) is 1.92. The first-order chi connectivity index (χ1) is 11.5. The van der Waals surface area contributed by atoms with Gasteiger partial charge in [-0.3, -0.25) is 9.59 Å². The zero-order valence-corrected chi connectivity index (χ0v) is 14.6. The van der Waals surface area contributed by atoms with E-state index < -0.39 is 5.82 Å². The Morgan fingerprint density at radius 3 is 2.96 bits per heavy atom. The van der Waals surface area contributed by atoms with E-state index >= 15 is 0 Å². The van der Waals surface area contributed by atoms with Crippen LogP contribution in [0.5, 0.6) is 0 Å². The zero-order valence-electron chi connectivity index (χ0n) is 13.0. The third kappa shape index (κ3) is 3.20. The number of aromatic nitrogens is 2. The summed E-state index contributed by atoms with van der Waals surface area (Å²) in [7, 11) is 0. The SMILES string of the molecule is CSCc1nc2sc(C(=O)Nc3cccc(F)c3)c(C)c2c(=O)[nH]1. The number of benzene rings is 1. The quantitative estimate of drug-likeness (QED) is 0.743. The summed E-state index contributed by atoms with van der Waals surface area (Å²) in [6.45, 7) is 1.71. The molecule has 0 fully saturated rings. The number of hydrogen-bond donors (Lipinski definition) is 2. The van der Waals surface area contributed by atoms with Crippen molar-refractivity contribution in [3.8, 4) is 0 Å². The van der Waals surface area contributed by atoms with Gasteiger partial charge in [0.05, 0.1) is 16.0 Å². The van der Waals surface area contributed by atoms with E-state index in [-0.39, 0.29) is 11.5 Å². The molecule has 1 aromatic carbocycles. The molecule has 2 heterocycles. The molecule has 124 valence electrons. The average molecular weight is 363 g/mol. The molecule has 0 bridgehead atoms. The number of halogens is 1. The normalized spacial score (nSPS) is 11.0. The monoisotopic (exact) mass is 363 g/mol. The largest absolute Gasteiger partial charge is 0.321 e. The Morgan fingerprint density at radius 1 is 1.46 bits per heavy atom. The number of fused-ring (bicyclic) bond motifs is 1. The highest BCUT2D eigenvalue weighted by molar-refractivity contribution is 7.97. The van der Waals surface area contributed by atoms with Gasteiger partial charge >= 0.3 is 0 Å². The van der Waals surface area contributed by atoms with Crippen molar-refractivity contribution in [3.63, 3.8) is 0 Å². The maximum atomic E-state index is 13.2. The molecule has 2 aromatic heterocycles. The molecule has 0 saturated heterocycles. The summed E-state index contributed by atoms with van der Waals surface area (Å²) in [4.78, 5) is 32.8. The molecule has 8 heteroatoms. The molecule has 0 atom stereocenters. The van der Waals surface area contributed by atoms with Gasteiger partial charge in [-0.1, -0.05) is 6.07 Å². The van der Waals surface area contributed by atoms with E-state index in [9.17, 15) is 14.0 Å². The van der Waals surface area contributed by atoms with Crippen molar-refractivity contribution in [3.05, 3.63) is 56.7 Å². The van der Waals surface area contributed by atoms with Crippen LogP contribution in [0.3, 0.4) is 0 Å². The summed E-state index contributed by atoms with van der Waals surface area (Å²) in [6, 6.07) is 5.66. The lowest BCUT2D eigenvalue weighted by molar-refractivity contribution is 0.103. The van der Waals surface area contributed by atoms with Crippen molar-refractivity contribution in [1.29, 1.82) is 0 Å². The van der Waals surface area contributed by atoms with Gasteiger partial charge < -0.3 is 10.3 Å². The van der Waals surface area contributed by atoms with E-state index in [0.29, 0.717) is 37.9 Å². The lowest BCUT2D eigenvalue weighted by atomic mass is 10.2. The Labute approximate surface area is 145 Å². The molecule has 2 N–H and O–H groups in total. The predicted octanol–water partition coefficient (Wildman–Crippen LogP) is 3.55. The van der Waals surface area contributed by atoms with Gasteiger partial charge in [-0.2, -0.15) is 11.8 Å². The Balaban J connectivity index is 2.00. The highest BCUT2D eigenvalue weighted by Crippen LogP contribution is 2.28. The fourth-order valence-electron chi connectivity index (χ4n) is 2.36. The van der Waals surface area contributed by atoms with Gasteiger partial charge in [0.25, 0.3) is 11.5 Å². The minimum absolute atomic E-state index is 0.248. The zero-order chi connectivity index (χ0) is 17.3. The predicted molar refractivity (Wildman–Crippen MR) is 96.5 cm³/mol. The highest BCUT2D eigenvalue weighted by Gasteiger charge is 2.19. The van der Waals surface area contributed by atoms with E-state index in [1.54, 1.807) is 24.8 Å². The first-order valence-corrected chi connectivity index (χ1v) is 9.28. The van der Waals surface area contributed by atoms with Crippen LogP contribution in [0.2, 0.25) is 0 Å². The van der Waals surface area contributed by atoms with Gasteiger partial charge in [0.2, 0.25) is 0 Å². The third-order valence-electron chi connectivity index (χ3n) is 3.42. The second kappa shape index (κ2) is 6.74. The Bertz CT molecular complexity index is 981. The van der Waals surface area contributed by atoms with Crippen LogP contribution in [-0.2, 0) is 5.75 Å². The molecule has 0 spiro atoms. The number of amides is 1. The standard InChI is InChI=1S/C16H14FN3O2S2/c1-8-12-14(21)19-11(7-23-2)20-16(12)24-13(8)15(22)18-10-5-3-4-9(17)6-10/h3-6H,7H2,1-2H3,(H,18,22)(H,19,20,21). The molecular weight excluding hydrogens is 349 g/mol. The van der Waals surface area contributed by atoms with Crippen LogP contribution in [0.1, 0.15) is 21.1 Å². The number of carbonyl (C=O) groups is 1. The van der Waals surface area contributed by atoms with E-state index in [4.69, 9.17) is 0 Å². The molecule has 0 unspecified atom stereocenters. The van der Waals surface area contributed by atoms with Crippen LogP contribution in [-0.4, -0.2) is 22.1 Å². The summed E-state index contributed by atoms with van der Waals surface area (Å²) in [5.74, 6) is 0.360. The lowest BCUT2D eigenvalue weighted by Gasteiger charge is -2.04. The summed E-state index contributed by atoms with van der Waals surface area (Å²) < 4.78 is 13.2. The molecule has 5 nitrogen and oxygen atoms in total. The molecule has 0 aliphatic rings. The number of aromatic amines is 1. The van der Waals surface area contributed by atoms with Crippen molar-refractivity contribution >= 4 is 44.9 Å². The number of nitrogens with one attached hydrogen (secondary N) is 2. The number of nitrogens with zero attached hydrogens (tertiary/aromatic N) is 1. The Morgan fingerprint density at radius 2 is 2.25 bits per heavy atom. The van der Waals surface area contributed by atoms with Gasteiger partial charge in [-0.15, -0.1) is 11.3 Å². The number of H-pyrrole nitrogens is 1. The topological polar surface area (TPSA) is 74.8 Å². The molecule has 0 saturated carbocycles. The van der Waals surface area contributed by atoms with E-state index in [1.165, 1.54) is 18.2 Å². The van der Waals surface area contributed by atoms with Crippen LogP contribution in [0.25, 0.3) is 10.2 Å². The van der Waals surface area contributed by atoms with Crippen molar-refractivity contribution in [2.45, 2.75) is 12.7 Å². The second-order valence-corrected chi connectivity index (χ2v) is 7.01. The number of hydrogen-bond acceptors (Lipinski definition) is 5.